The molecule has 8 heteroatoms. The maximum atomic E-state index is 13.7. The third-order valence-corrected chi connectivity index (χ3v) is 4.39. The first-order valence-electron chi connectivity index (χ1n) is 7.89. The minimum atomic E-state index is -3.24. The molecule has 0 radical (unpaired) electrons. The van der Waals surface area contributed by atoms with Gasteiger partial charge in [0.25, 0.3) is 5.92 Å². The van der Waals surface area contributed by atoms with Crippen LogP contribution in [0.15, 0.2) is 0 Å². The van der Waals surface area contributed by atoms with Gasteiger partial charge in [-0.25, -0.2) is 13.6 Å². The van der Waals surface area contributed by atoms with Crippen LogP contribution in [0, 0.1) is 12.3 Å². The van der Waals surface area contributed by atoms with E-state index in [4.69, 9.17) is 4.74 Å². The summed E-state index contributed by atoms with van der Waals surface area (Å²) in [5, 5.41) is 3.86. The lowest BCUT2D eigenvalue weighted by Crippen LogP contribution is -2.26. The summed E-state index contributed by atoms with van der Waals surface area (Å²) in [5.41, 5.74) is -1.42. The average Bonchev–Trinajstić information content (AvgIpc) is 2.86. The van der Waals surface area contributed by atoms with Gasteiger partial charge in [0.15, 0.2) is 0 Å². The Morgan fingerprint density at radius 1 is 1.38 bits per heavy atom. The predicted molar refractivity (Wildman–Crippen MR) is 79.4 cm³/mol. The van der Waals surface area contributed by atoms with Gasteiger partial charge < -0.3 is 4.74 Å². The number of hydrogen-bond donors (Lipinski definition) is 0. The molecule has 0 aliphatic heterocycles. The zero-order valence-electron chi connectivity index (χ0n) is 14.3. The number of ether oxygens (including phenoxy) is 1. The highest BCUT2D eigenvalue weighted by atomic mass is 19.3. The second-order valence-electron chi connectivity index (χ2n) is 6.93. The summed E-state index contributed by atoms with van der Waals surface area (Å²) in [4.78, 5) is 12.2. The molecule has 1 atom stereocenters. The number of aromatic nitrogens is 2. The number of hydrogen-bond acceptors (Lipinski definition) is 3. The Morgan fingerprint density at radius 3 is 2.46 bits per heavy atom. The number of halogens is 4. The van der Waals surface area contributed by atoms with E-state index in [0.717, 1.165) is 4.68 Å². The second-order valence-corrected chi connectivity index (χ2v) is 6.93. The van der Waals surface area contributed by atoms with Gasteiger partial charge in [-0.2, -0.15) is 13.9 Å². The molecule has 0 N–H and O–H groups in total. The molecule has 1 aliphatic carbocycles. The molecule has 0 saturated heterocycles. The Kier molecular flexibility index (Phi) is 4.71. The number of rotatable bonds is 5. The molecular formula is C16H22F4N2O2. The van der Waals surface area contributed by atoms with Crippen molar-refractivity contribution in [1.29, 1.82) is 0 Å². The fourth-order valence-electron chi connectivity index (χ4n) is 3.32. The van der Waals surface area contributed by atoms with Crippen molar-refractivity contribution in [1.82, 2.24) is 9.78 Å². The number of carbonyl (C=O) groups is 1. The minimum Gasteiger partial charge on any atom is -0.461 e. The van der Waals surface area contributed by atoms with Crippen molar-refractivity contribution in [3.63, 3.8) is 0 Å². The first-order valence-corrected chi connectivity index (χ1v) is 7.89. The first-order chi connectivity index (χ1) is 10.9. The van der Waals surface area contributed by atoms with Crippen LogP contribution < -0.4 is 0 Å². The Balaban J connectivity index is 2.43. The summed E-state index contributed by atoms with van der Waals surface area (Å²) in [7, 11) is 0. The number of nitrogens with zero attached hydrogens (tertiary/aromatic N) is 2. The molecule has 1 aliphatic rings. The Hall–Kier alpha value is -1.60. The number of alkyl halides is 4. The van der Waals surface area contributed by atoms with Crippen LogP contribution in [0.2, 0.25) is 0 Å². The lowest BCUT2D eigenvalue weighted by molar-refractivity contribution is -0.00494. The standard InChI is InChI=1S/C16H22F4N2O2/c1-5-24-13(23)11-10(2)12(15(4,17)18)21-22(11)9-14(3)6-7-16(19,20)8-14/h5-9H2,1-4H3. The molecule has 1 unspecified atom stereocenters. The van der Waals surface area contributed by atoms with Gasteiger partial charge in [0.05, 0.1) is 6.61 Å². The van der Waals surface area contributed by atoms with E-state index in [1.54, 1.807) is 13.8 Å². The molecule has 4 nitrogen and oxygen atoms in total. The Bertz CT molecular complexity index is 637. The van der Waals surface area contributed by atoms with E-state index in [9.17, 15) is 22.4 Å². The highest BCUT2D eigenvalue weighted by Crippen LogP contribution is 2.48. The molecule has 24 heavy (non-hydrogen) atoms. The van der Waals surface area contributed by atoms with E-state index >= 15 is 0 Å². The molecule has 0 spiro atoms. The SMILES string of the molecule is CCOC(=O)c1c(C)c(C(C)(F)F)nn1CC1(C)CCC(F)(F)C1. The van der Waals surface area contributed by atoms with E-state index < -0.39 is 28.9 Å². The monoisotopic (exact) mass is 350 g/mol. The van der Waals surface area contributed by atoms with Crippen molar-refractivity contribution in [3.05, 3.63) is 17.0 Å². The fourth-order valence-corrected chi connectivity index (χ4v) is 3.32. The third kappa shape index (κ3) is 3.72. The number of carbonyl (C=O) groups excluding carboxylic acids is 1. The van der Waals surface area contributed by atoms with Crippen molar-refractivity contribution in [2.75, 3.05) is 6.61 Å². The third-order valence-electron chi connectivity index (χ3n) is 4.39. The molecule has 1 saturated carbocycles. The van der Waals surface area contributed by atoms with E-state index in [2.05, 4.69) is 5.10 Å². The lowest BCUT2D eigenvalue weighted by atomic mass is 9.88. The molecule has 1 aromatic heterocycles. The van der Waals surface area contributed by atoms with Crippen molar-refractivity contribution < 1.29 is 27.1 Å². The summed E-state index contributed by atoms with van der Waals surface area (Å²) in [5.74, 6) is -6.79. The van der Waals surface area contributed by atoms with Gasteiger partial charge in [-0.3, -0.25) is 4.68 Å². The van der Waals surface area contributed by atoms with Crippen LogP contribution in [0.4, 0.5) is 17.6 Å². The van der Waals surface area contributed by atoms with Crippen LogP contribution in [0.3, 0.4) is 0 Å². The molecule has 1 aromatic rings. The fraction of sp³-hybridized carbons (Fsp3) is 0.750. The molecule has 0 bridgehead atoms. The molecule has 2 rings (SSSR count). The van der Waals surface area contributed by atoms with Crippen LogP contribution in [0.25, 0.3) is 0 Å². The first kappa shape index (κ1) is 18.7. The summed E-state index contributed by atoms with van der Waals surface area (Å²) >= 11 is 0. The van der Waals surface area contributed by atoms with Gasteiger partial charge >= 0.3 is 5.97 Å². The minimum absolute atomic E-state index is 0.0225. The van der Waals surface area contributed by atoms with Crippen molar-refractivity contribution >= 4 is 5.97 Å². The highest BCUT2D eigenvalue weighted by Gasteiger charge is 2.47. The van der Waals surface area contributed by atoms with E-state index in [1.165, 1.54) is 6.92 Å². The van der Waals surface area contributed by atoms with Gasteiger partial charge in [0.2, 0.25) is 5.92 Å². The predicted octanol–water partition coefficient (Wildman–Crippen LogP) is 4.31. The normalized spacial score (nSPS) is 23.5. The summed E-state index contributed by atoms with van der Waals surface area (Å²) in [6.07, 6.45) is -0.382. The zero-order valence-corrected chi connectivity index (χ0v) is 14.3. The summed E-state index contributed by atoms with van der Waals surface area (Å²) < 4.78 is 60.6. The summed E-state index contributed by atoms with van der Waals surface area (Å²) in [6, 6.07) is 0. The summed E-state index contributed by atoms with van der Waals surface area (Å²) in [6.45, 7) is 5.36. The zero-order chi connectivity index (χ0) is 18.3. The largest absolute Gasteiger partial charge is 0.461 e. The van der Waals surface area contributed by atoms with E-state index in [0.29, 0.717) is 6.92 Å². The smallest absolute Gasteiger partial charge is 0.356 e. The Morgan fingerprint density at radius 2 is 2.00 bits per heavy atom. The van der Waals surface area contributed by atoms with E-state index in [1.807, 2.05) is 0 Å². The highest BCUT2D eigenvalue weighted by molar-refractivity contribution is 5.89. The topological polar surface area (TPSA) is 44.1 Å². The Labute approximate surface area is 138 Å². The average molecular weight is 350 g/mol. The van der Waals surface area contributed by atoms with Gasteiger partial charge in [-0.15, -0.1) is 0 Å². The van der Waals surface area contributed by atoms with E-state index in [-0.39, 0.29) is 43.7 Å². The quantitative estimate of drug-likeness (QED) is 0.587. The molecule has 136 valence electrons. The van der Waals surface area contributed by atoms with Crippen LogP contribution in [-0.4, -0.2) is 28.3 Å². The molecule has 0 aromatic carbocycles. The van der Waals surface area contributed by atoms with Gasteiger partial charge in [-0.05, 0) is 25.7 Å². The lowest BCUT2D eigenvalue weighted by Gasteiger charge is -2.24. The van der Waals surface area contributed by atoms with Crippen LogP contribution >= 0.6 is 0 Å². The maximum Gasteiger partial charge on any atom is 0.356 e. The van der Waals surface area contributed by atoms with Crippen molar-refractivity contribution in [2.24, 2.45) is 5.41 Å². The van der Waals surface area contributed by atoms with Gasteiger partial charge in [0, 0.05) is 31.9 Å². The maximum absolute atomic E-state index is 13.7. The molecule has 1 fully saturated rings. The van der Waals surface area contributed by atoms with Crippen LogP contribution in [0.1, 0.15) is 61.8 Å². The van der Waals surface area contributed by atoms with Crippen molar-refractivity contribution in [2.45, 2.75) is 65.3 Å². The van der Waals surface area contributed by atoms with Crippen LogP contribution in [-0.2, 0) is 17.2 Å². The van der Waals surface area contributed by atoms with Crippen LogP contribution in [0.5, 0.6) is 0 Å². The molecule has 1 heterocycles. The number of esters is 1. The molecule has 0 amide bonds. The van der Waals surface area contributed by atoms with Gasteiger partial charge in [-0.1, -0.05) is 6.92 Å². The van der Waals surface area contributed by atoms with Crippen molar-refractivity contribution in [3.8, 4) is 0 Å². The molecular weight excluding hydrogens is 328 g/mol. The second kappa shape index (κ2) is 6.04. The van der Waals surface area contributed by atoms with Gasteiger partial charge in [0.1, 0.15) is 11.4 Å².